The Kier molecular flexibility index (Phi) is 3.32. The SMILES string of the molecule is N#Cc1ccc(Cl)cc1NCc1cc2ccccc2o1. The van der Waals surface area contributed by atoms with Gasteiger partial charge < -0.3 is 9.73 Å². The summed E-state index contributed by atoms with van der Waals surface area (Å²) in [6.07, 6.45) is 0. The highest BCUT2D eigenvalue weighted by molar-refractivity contribution is 6.30. The maximum absolute atomic E-state index is 9.06. The summed E-state index contributed by atoms with van der Waals surface area (Å²) >= 11 is 5.95. The molecule has 0 aliphatic heterocycles. The van der Waals surface area contributed by atoms with Crippen LogP contribution < -0.4 is 5.32 Å². The number of rotatable bonds is 3. The van der Waals surface area contributed by atoms with E-state index in [0.717, 1.165) is 16.7 Å². The second-order valence-corrected chi connectivity index (χ2v) is 4.84. The molecule has 0 radical (unpaired) electrons. The van der Waals surface area contributed by atoms with Crippen LogP contribution in [0.5, 0.6) is 0 Å². The number of nitrogens with zero attached hydrogens (tertiary/aromatic N) is 1. The fourth-order valence-electron chi connectivity index (χ4n) is 2.07. The van der Waals surface area contributed by atoms with Gasteiger partial charge in [-0.25, -0.2) is 0 Å². The van der Waals surface area contributed by atoms with Crippen molar-refractivity contribution in [3.63, 3.8) is 0 Å². The number of halogens is 1. The van der Waals surface area contributed by atoms with Crippen molar-refractivity contribution >= 4 is 28.3 Å². The Hall–Kier alpha value is -2.44. The Bertz CT molecular complexity index is 769. The number of anilines is 1. The van der Waals surface area contributed by atoms with E-state index in [-0.39, 0.29) is 0 Å². The molecule has 20 heavy (non-hydrogen) atoms. The van der Waals surface area contributed by atoms with Gasteiger partial charge in [-0.15, -0.1) is 0 Å². The van der Waals surface area contributed by atoms with Gasteiger partial charge in [0.1, 0.15) is 17.4 Å². The van der Waals surface area contributed by atoms with Gasteiger partial charge in [-0.3, -0.25) is 0 Å². The average molecular weight is 283 g/mol. The molecule has 1 heterocycles. The van der Waals surface area contributed by atoms with E-state index in [2.05, 4.69) is 11.4 Å². The summed E-state index contributed by atoms with van der Waals surface area (Å²) in [5.41, 5.74) is 2.13. The Balaban J connectivity index is 1.83. The van der Waals surface area contributed by atoms with Crippen molar-refractivity contribution in [3.05, 3.63) is 64.9 Å². The number of fused-ring (bicyclic) bond motifs is 1. The van der Waals surface area contributed by atoms with Gasteiger partial charge in [0.2, 0.25) is 0 Å². The van der Waals surface area contributed by atoms with E-state index in [1.54, 1.807) is 18.2 Å². The van der Waals surface area contributed by atoms with Crippen molar-refractivity contribution in [1.82, 2.24) is 0 Å². The fourth-order valence-corrected chi connectivity index (χ4v) is 2.24. The number of nitriles is 1. The fraction of sp³-hybridized carbons (Fsp3) is 0.0625. The first-order valence-corrected chi connectivity index (χ1v) is 6.55. The molecule has 0 fully saturated rings. The van der Waals surface area contributed by atoms with Crippen LogP contribution in [0.2, 0.25) is 5.02 Å². The summed E-state index contributed by atoms with van der Waals surface area (Å²) < 4.78 is 5.72. The van der Waals surface area contributed by atoms with Crippen LogP contribution in [0.1, 0.15) is 11.3 Å². The molecular weight excluding hydrogens is 272 g/mol. The van der Waals surface area contributed by atoms with Crippen molar-refractivity contribution in [2.24, 2.45) is 0 Å². The number of hydrogen-bond acceptors (Lipinski definition) is 3. The minimum absolute atomic E-state index is 0.504. The quantitative estimate of drug-likeness (QED) is 0.765. The maximum atomic E-state index is 9.06. The monoisotopic (exact) mass is 282 g/mol. The zero-order chi connectivity index (χ0) is 13.9. The van der Waals surface area contributed by atoms with Crippen LogP contribution in [0.25, 0.3) is 11.0 Å². The minimum atomic E-state index is 0.504. The van der Waals surface area contributed by atoms with E-state index in [1.165, 1.54) is 0 Å². The lowest BCUT2D eigenvalue weighted by molar-refractivity contribution is 0.559. The number of nitrogens with one attached hydrogen (secondary N) is 1. The van der Waals surface area contributed by atoms with E-state index in [0.29, 0.717) is 22.8 Å². The van der Waals surface area contributed by atoms with Crippen LogP contribution in [-0.2, 0) is 6.54 Å². The van der Waals surface area contributed by atoms with Gasteiger partial charge in [0, 0.05) is 10.4 Å². The molecule has 0 saturated carbocycles. The molecule has 0 aliphatic carbocycles. The molecule has 0 amide bonds. The third-order valence-electron chi connectivity index (χ3n) is 3.03. The summed E-state index contributed by atoms with van der Waals surface area (Å²) in [7, 11) is 0. The lowest BCUT2D eigenvalue weighted by Gasteiger charge is -2.06. The minimum Gasteiger partial charge on any atom is -0.459 e. The van der Waals surface area contributed by atoms with Crippen LogP contribution in [0.15, 0.2) is 52.9 Å². The molecule has 3 nitrogen and oxygen atoms in total. The largest absolute Gasteiger partial charge is 0.459 e. The highest BCUT2D eigenvalue weighted by Crippen LogP contribution is 2.23. The van der Waals surface area contributed by atoms with Crippen molar-refractivity contribution in [1.29, 1.82) is 5.26 Å². The third kappa shape index (κ3) is 2.47. The molecule has 0 unspecified atom stereocenters. The lowest BCUT2D eigenvalue weighted by Crippen LogP contribution is -2.00. The third-order valence-corrected chi connectivity index (χ3v) is 3.27. The molecule has 1 N–H and O–H groups in total. The van der Waals surface area contributed by atoms with Crippen molar-refractivity contribution in [3.8, 4) is 6.07 Å². The highest BCUT2D eigenvalue weighted by atomic mass is 35.5. The van der Waals surface area contributed by atoms with Crippen LogP contribution >= 0.6 is 11.6 Å². The molecule has 98 valence electrons. The number of hydrogen-bond donors (Lipinski definition) is 1. The topological polar surface area (TPSA) is 49.0 Å². The van der Waals surface area contributed by atoms with Gasteiger partial charge >= 0.3 is 0 Å². The Morgan fingerprint density at radius 2 is 2.00 bits per heavy atom. The van der Waals surface area contributed by atoms with E-state index >= 15 is 0 Å². The zero-order valence-corrected chi connectivity index (χ0v) is 11.3. The van der Waals surface area contributed by atoms with Gasteiger partial charge in [0.05, 0.1) is 17.8 Å². The smallest absolute Gasteiger partial charge is 0.134 e. The van der Waals surface area contributed by atoms with Gasteiger partial charge in [-0.2, -0.15) is 5.26 Å². The van der Waals surface area contributed by atoms with Crippen LogP contribution in [0.4, 0.5) is 5.69 Å². The van der Waals surface area contributed by atoms with Gasteiger partial charge in [-0.05, 0) is 30.3 Å². The van der Waals surface area contributed by atoms with Crippen molar-refractivity contribution in [2.75, 3.05) is 5.32 Å². The second kappa shape index (κ2) is 5.28. The van der Waals surface area contributed by atoms with Crippen LogP contribution in [0, 0.1) is 11.3 Å². The number of para-hydroxylation sites is 1. The molecule has 0 atom stereocenters. The molecule has 0 bridgehead atoms. The standard InChI is InChI=1S/C16H11ClN2O/c17-13-6-5-12(9-18)15(8-13)19-10-14-7-11-3-1-2-4-16(11)20-14/h1-8,19H,10H2. The molecule has 3 aromatic rings. The van der Waals surface area contributed by atoms with E-state index in [1.807, 2.05) is 30.3 Å². The molecular formula is C16H11ClN2O. The number of benzene rings is 2. The van der Waals surface area contributed by atoms with Crippen LogP contribution in [-0.4, -0.2) is 0 Å². The normalized spacial score (nSPS) is 10.4. The molecule has 2 aromatic carbocycles. The Morgan fingerprint density at radius 3 is 2.80 bits per heavy atom. The number of furan rings is 1. The van der Waals surface area contributed by atoms with Gasteiger partial charge in [0.25, 0.3) is 0 Å². The molecule has 4 heteroatoms. The Labute approximate surface area is 121 Å². The van der Waals surface area contributed by atoms with Crippen molar-refractivity contribution < 1.29 is 4.42 Å². The predicted molar refractivity (Wildman–Crippen MR) is 79.7 cm³/mol. The van der Waals surface area contributed by atoms with E-state index < -0.39 is 0 Å². The summed E-state index contributed by atoms with van der Waals surface area (Å²) in [5, 5.41) is 13.9. The molecule has 0 spiro atoms. The highest BCUT2D eigenvalue weighted by Gasteiger charge is 2.06. The van der Waals surface area contributed by atoms with E-state index in [9.17, 15) is 0 Å². The predicted octanol–water partition coefficient (Wildman–Crippen LogP) is 4.57. The van der Waals surface area contributed by atoms with E-state index in [4.69, 9.17) is 21.3 Å². The molecule has 0 saturated heterocycles. The zero-order valence-electron chi connectivity index (χ0n) is 10.6. The molecule has 1 aromatic heterocycles. The summed E-state index contributed by atoms with van der Waals surface area (Å²) in [4.78, 5) is 0. The molecule has 0 aliphatic rings. The second-order valence-electron chi connectivity index (χ2n) is 4.41. The van der Waals surface area contributed by atoms with Crippen LogP contribution in [0.3, 0.4) is 0 Å². The summed E-state index contributed by atoms with van der Waals surface area (Å²) in [5.74, 6) is 0.815. The van der Waals surface area contributed by atoms with Gasteiger partial charge in [-0.1, -0.05) is 29.8 Å². The van der Waals surface area contributed by atoms with Crippen molar-refractivity contribution in [2.45, 2.75) is 6.54 Å². The first-order chi connectivity index (χ1) is 9.76. The molecule has 3 rings (SSSR count). The lowest BCUT2D eigenvalue weighted by atomic mass is 10.2. The maximum Gasteiger partial charge on any atom is 0.134 e. The first kappa shape index (κ1) is 12.6. The summed E-state index contributed by atoms with van der Waals surface area (Å²) in [6, 6.07) is 17.1. The average Bonchev–Trinajstić information content (AvgIpc) is 2.88. The first-order valence-electron chi connectivity index (χ1n) is 6.17. The Morgan fingerprint density at radius 1 is 1.15 bits per heavy atom. The summed E-state index contributed by atoms with van der Waals surface area (Å²) in [6.45, 7) is 0.504. The van der Waals surface area contributed by atoms with Gasteiger partial charge in [0.15, 0.2) is 0 Å².